The fourth-order valence-corrected chi connectivity index (χ4v) is 2.96. The van der Waals surface area contributed by atoms with E-state index in [1.54, 1.807) is 25.1 Å². The van der Waals surface area contributed by atoms with Crippen LogP contribution in [0, 0.1) is 0 Å². The van der Waals surface area contributed by atoms with Gasteiger partial charge in [0.05, 0.1) is 10.6 Å². The van der Waals surface area contributed by atoms with Crippen LogP contribution >= 0.6 is 11.6 Å². The monoisotopic (exact) mass is 352 g/mol. The first-order chi connectivity index (χ1) is 11.0. The molecular weight excluding hydrogens is 340 g/mol. The molecule has 1 aliphatic rings. The predicted molar refractivity (Wildman–Crippen MR) is 86.5 cm³/mol. The Balaban J connectivity index is 1.80. The second-order valence-electron chi connectivity index (χ2n) is 4.81. The number of fused-ring (bicyclic) bond motifs is 1. The van der Waals surface area contributed by atoms with Crippen molar-refractivity contribution in [3.8, 4) is 11.5 Å². The van der Waals surface area contributed by atoms with Crippen molar-refractivity contribution in [1.29, 1.82) is 0 Å². The topological polar surface area (TPSA) is 77.0 Å². The van der Waals surface area contributed by atoms with Gasteiger partial charge in [-0.1, -0.05) is 11.6 Å². The van der Waals surface area contributed by atoms with Crippen LogP contribution in [0.25, 0.3) is 0 Å². The maximum atomic E-state index is 12.2. The van der Waals surface area contributed by atoms with Crippen molar-refractivity contribution in [3.05, 3.63) is 53.1 Å². The van der Waals surface area contributed by atoms with Crippen LogP contribution < -0.4 is 14.3 Å². The van der Waals surface area contributed by atoms with E-state index in [0.717, 1.165) is 5.56 Å². The Labute approximate surface area is 138 Å². The standard InChI is InChI=1S/C15H13ClN2O4S/c1-10(11-2-7-14-15(8-11)22-9-21-14)17-18-23(19,20)13-5-3-12(16)4-6-13/h2-8,18H,9H2,1H3. The Hall–Kier alpha value is -2.25. The zero-order valence-corrected chi connectivity index (χ0v) is 13.7. The summed E-state index contributed by atoms with van der Waals surface area (Å²) in [7, 11) is -3.74. The summed E-state index contributed by atoms with van der Waals surface area (Å²) in [5.74, 6) is 1.26. The summed E-state index contributed by atoms with van der Waals surface area (Å²) >= 11 is 5.75. The molecule has 120 valence electrons. The van der Waals surface area contributed by atoms with Gasteiger partial charge in [-0.05, 0) is 49.4 Å². The molecule has 0 fully saturated rings. The Morgan fingerprint density at radius 2 is 1.83 bits per heavy atom. The number of benzene rings is 2. The molecule has 0 saturated heterocycles. The first kappa shape index (κ1) is 15.6. The number of hydrazone groups is 1. The second-order valence-corrected chi connectivity index (χ2v) is 6.91. The summed E-state index contributed by atoms with van der Waals surface area (Å²) in [4.78, 5) is 2.29. The highest BCUT2D eigenvalue weighted by molar-refractivity contribution is 7.89. The van der Waals surface area contributed by atoms with Gasteiger partial charge in [0.2, 0.25) is 6.79 Å². The van der Waals surface area contributed by atoms with E-state index in [0.29, 0.717) is 22.2 Å². The van der Waals surface area contributed by atoms with Gasteiger partial charge in [0.1, 0.15) is 0 Å². The third-order valence-electron chi connectivity index (χ3n) is 3.25. The molecule has 0 amide bonds. The molecule has 0 aliphatic carbocycles. The van der Waals surface area contributed by atoms with Crippen LogP contribution in [0.4, 0.5) is 0 Å². The van der Waals surface area contributed by atoms with Gasteiger partial charge < -0.3 is 9.47 Å². The van der Waals surface area contributed by atoms with Crippen molar-refractivity contribution in [2.45, 2.75) is 11.8 Å². The molecule has 0 bridgehead atoms. The molecule has 0 atom stereocenters. The quantitative estimate of drug-likeness (QED) is 0.678. The van der Waals surface area contributed by atoms with Gasteiger partial charge in [-0.25, -0.2) is 0 Å². The molecule has 2 aromatic rings. The van der Waals surface area contributed by atoms with E-state index >= 15 is 0 Å². The first-order valence-electron chi connectivity index (χ1n) is 6.67. The molecule has 6 nitrogen and oxygen atoms in total. The molecular formula is C15H13ClN2O4S. The number of halogens is 1. The van der Waals surface area contributed by atoms with Crippen molar-refractivity contribution >= 4 is 27.3 Å². The molecule has 1 heterocycles. The number of ether oxygens (including phenoxy) is 2. The zero-order valence-electron chi connectivity index (χ0n) is 12.1. The summed E-state index contributed by atoms with van der Waals surface area (Å²) in [5, 5.41) is 4.40. The van der Waals surface area contributed by atoms with E-state index < -0.39 is 10.0 Å². The number of hydrogen-bond acceptors (Lipinski definition) is 5. The minimum atomic E-state index is -3.74. The fourth-order valence-electron chi connectivity index (χ4n) is 1.98. The van der Waals surface area contributed by atoms with Gasteiger partial charge in [0.25, 0.3) is 10.0 Å². The number of rotatable bonds is 4. The molecule has 0 unspecified atom stereocenters. The van der Waals surface area contributed by atoms with E-state index in [2.05, 4.69) is 9.93 Å². The highest BCUT2D eigenvalue weighted by Gasteiger charge is 2.15. The van der Waals surface area contributed by atoms with Crippen molar-refractivity contribution in [2.75, 3.05) is 6.79 Å². The lowest BCUT2D eigenvalue weighted by atomic mass is 10.1. The predicted octanol–water partition coefficient (Wildman–Crippen LogP) is 2.77. The van der Waals surface area contributed by atoms with Crippen LogP contribution in [0.5, 0.6) is 11.5 Å². The fraction of sp³-hybridized carbons (Fsp3) is 0.133. The van der Waals surface area contributed by atoms with E-state index in [4.69, 9.17) is 21.1 Å². The van der Waals surface area contributed by atoms with Crippen LogP contribution in [0.2, 0.25) is 5.02 Å². The van der Waals surface area contributed by atoms with Crippen LogP contribution in [0.15, 0.2) is 52.5 Å². The first-order valence-corrected chi connectivity index (χ1v) is 8.53. The second kappa shape index (κ2) is 6.10. The number of sulfonamides is 1. The largest absolute Gasteiger partial charge is 0.454 e. The van der Waals surface area contributed by atoms with Crippen molar-refractivity contribution < 1.29 is 17.9 Å². The minimum Gasteiger partial charge on any atom is -0.454 e. The smallest absolute Gasteiger partial charge is 0.276 e. The van der Waals surface area contributed by atoms with Crippen LogP contribution in [0.3, 0.4) is 0 Å². The third-order valence-corrected chi connectivity index (χ3v) is 4.72. The van der Waals surface area contributed by atoms with Gasteiger partial charge in [0.15, 0.2) is 11.5 Å². The van der Waals surface area contributed by atoms with Gasteiger partial charge in [-0.3, -0.25) is 0 Å². The number of hydrogen-bond donors (Lipinski definition) is 1. The summed E-state index contributed by atoms with van der Waals surface area (Å²) in [6, 6.07) is 11.1. The average Bonchev–Trinajstić information content (AvgIpc) is 3.00. The van der Waals surface area contributed by atoms with Gasteiger partial charge >= 0.3 is 0 Å². The lowest BCUT2D eigenvalue weighted by Gasteiger charge is -2.06. The van der Waals surface area contributed by atoms with E-state index in [9.17, 15) is 8.42 Å². The Kier molecular flexibility index (Phi) is 4.14. The molecule has 0 saturated carbocycles. The van der Waals surface area contributed by atoms with Crippen LogP contribution in [-0.4, -0.2) is 20.9 Å². The van der Waals surface area contributed by atoms with Crippen LogP contribution in [-0.2, 0) is 10.0 Å². The molecule has 8 heteroatoms. The minimum absolute atomic E-state index is 0.0872. The molecule has 0 spiro atoms. The maximum Gasteiger partial charge on any atom is 0.276 e. The molecule has 0 aromatic heterocycles. The zero-order chi connectivity index (χ0) is 16.4. The Bertz CT molecular complexity index is 864. The highest BCUT2D eigenvalue weighted by Crippen LogP contribution is 2.32. The van der Waals surface area contributed by atoms with Crippen molar-refractivity contribution in [2.24, 2.45) is 5.10 Å². The molecule has 0 radical (unpaired) electrons. The van der Waals surface area contributed by atoms with E-state index in [1.807, 2.05) is 0 Å². The lowest BCUT2D eigenvalue weighted by molar-refractivity contribution is 0.174. The summed E-state index contributed by atoms with van der Waals surface area (Å²) in [6.45, 7) is 1.88. The molecule has 2 aromatic carbocycles. The van der Waals surface area contributed by atoms with Gasteiger partial charge in [-0.2, -0.15) is 18.4 Å². The summed E-state index contributed by atoms with van der Waals surface area (Å²) < 4.78 is 34.8. The van der Waals surface area contributed by atoms with Crippen LogP contribution in [0.1, 0.15) is 12.5 Å². The number of nitrogens with one attached hydrogen (secondary N) is 1. The normalized spacial score (nSPS) is 13.9. The van der Waals surface area contributed by atoms with E-state index in [-0.39, 0.29) is 11.7 Å². The Morgan fingerprint density at radius 3 is 2.57 bits per heavy atom. The van der Waals surface area contributed by atoms with Gasteiger partial charge in [0, 0.05) is 10.6 Å². The molecule has 23 heavy (non-hydrogen) atoms. The average molecular weight is 353 g/mol. The SMILES string of the molecule is CC(=NNS(=O)(=O)c1ccc(Cl)cc1)c1ccc2c(c1)OCO2. The number of nitrogens with zero attached hydrogens (tertiary/aromatic N) is 1. The summed E-state index contributed by atoms with van der Waals surface area (Å²) in [5.41, 5.74) is 1.23. The van der Waals surface area contributed by atoms with Crippen molar-refractivity contribution in [1.82, 2.24) is 4.83 Å². The van der Waals surface area contributed by atoms with Crippen molar-refractivity contribution in [3.63, 3.8) is 0 Å². The molecule has 1 N–H and O–H groups in total. The van der Waals surface area contributed by atoms with E-state index in [1.165, 1.54) is 24.3 Å². The molecule has 3 rings (SSSR count). The Morgan fingerprint density at radius 1 is 1.13 bits per heavy atom. The molecule has 1 aliphatic heterocycles. The maximum absolute atomic E-state index is 12.2. The van der Waals surface area contributed by atoms with Gasteiger partial charge in [-0.15, -0.1) is 0 Å². The highest BCUT2D eigenvalue weighted by atomic mass is 35.5. The third kappa shape index (κ3) is 3.40. The lowest BCUT2D eigenvalue weighted by Crippen LogP contribution is -2.19. The summed E-state index contributed by atoms with van der Waals surface area (Å²) in [6.07, 6.45) is 0.